The Labute approximate surface area is 177 Å². The fourth-order valence-corrected chi connectivity index (χ4v) is 3.99. The Morgan fingerprint density at radius 1 is 1.29 bits per heavy atom. The quantitative estimate of drug-likeness (QED) is 0.662. The third-order valence-corrected chi connectivity index (χ3v) is 5.93. The molecule has 6 nitrogen and oxygen atoms in total. The molecule has 2 aromatic rings. The van der Waals surface area contributed by atoms with Gasteiger partial charge >= 0.3 is 12.8 Å². The third kappa shape index (κ3) is 4.26. The monoisotopic (exact) mass is 465 g/mol. The molecule has 0 unspecified atom stereocenters. The van der Waals surface area contributed by atoms with Crippen LogP contribution in [-0.4, -0.2) is 64.5 Å². The summed E-state index contributed by atoms with van der Waals surface area (Å²) >= 11 is 5.93. The van der Waals surface area contributed by atoms with Gasteiger partial charge in [-0.15, -0.1) is 0 Å². The van der Waals surface area contributed by atoms with Crippen molar-refractivity contribution >= 4 is 28.4 Å². The van der Waals surface area contributed by atoms with Crippen LogP contribution >= 0.6 is 11.6 Å². The number of hydrogen-bond acceptors (Lipinski definition) is 5. The van der Waals surface area contributed by atoms with Crippen LogP contribution in [0.2, 0.25) is 5.02 Å². The minimum absolute atomic E-state index is 0.0534. The summed E-state index contributed by atoms with van der Waals surface area (Å²) in [5.41, 5.74) is -2.11. The number of nitrogens with zero attached hydrogens (tertiary/aromatic N) is 2. The SMILES string of the molecule is O=C(NC1CC(N2CC(O)(C(F)(F)F)C2)C1)c1cnc2cc(OC(F)F)c(Cl)cc2c1. The number of alkyl halides is 5. The average Bonchev–Trinajstić information content (AvgIpc) is 2.60. The smallest absolute Gasteiger partial charge is 0.419 e. The molecule has 12 heteroatoms. The number of fused-ring (bicyclic) bond motifs is 1. The van der Waals surface area contributed by atoms with Crippen LogP contribution in [0.5, 0.6) is 5.75 Å². The third-order valence-electron chi connectivity index (χ3n) is 5.63. The molecule has 0 atom stereocenters. The minimum Gasteiger partial charge on any atom is -0.433 e. The second-order valence-electron chi connectivity index (χ2n) is 7.81. The molecule has 0 radical (unpaired) electrons. The number of aliphatic hydroxyl groups is 1. The number of carbonyl (C=O) groups excluding carboxylic acids is 1. The van der Waals surface area contributed by atoms with Crippen molar-refractivity contribution < 1.29 is 36.6 Å². The molecule has 4 rings (SSSR count). The lowest BCUT2D eigenvalue weighted by atomic mass is 9.80. The van der Waals surface area contributed by atoms with Crippen LogP contribution in [0.25, 0.3) is 10.9 Å². The van der Waals surface area contributed by atoms with Gasteiger partial charge in [0.25, 0.3) is 5.91 Å². The Morgan fingerprint density at radius 2 is 1.97 bits per heavy atom. The average molecular weight is 466 g/mol. The van der Waals surface area contributed by atoms with Crippen molar-refractivity contribution in [3.8, 4) is 5.75 Å². The van der Waals surface area contributed by atoms with Gasteiger partial charge in [0.1, 0.15) is 5.75 Å². The van der Waals surface area contributed by atoms with E-state index in [1.807, 2.05) is 0 Å². The number of hydrogen-bond donors (Lipinski definition) is 2. The molecule has 0 spiro atoms. The lowest BCUT2D eigenvalue weighted by molar-refractivity contribution is -0.308. The lowest BCUT2D eigenvalue weighted by Crippen LogP contribution is -2.73. The summed E-state index contributed by atoms with van der Waals surface area (Å²) in [5, 5.41) is 12.7. The predicted octanol–water partition coefficient (Wildman–Crippen LogP) is 3.36. The maximum Gasteiger partial charge on any atom is 0.419 e. The van der Waals surface area contributed by atoms with Gasteiger partial charge in [-0.2, -0.15) is 22.0 Å². The molecule has 1 saturated carbocycles. The summed E-state index contributed by atoms with van der Waals surface area (Å²) in [6, 6.07) is 3.78. The van der Waals surface area contributed by atoms with Gasteiger partial charge in [0.15, 0.2) is 5.60 Å². The van der Waals surface area contributed by atoms with Crippen molar-refractivity contribution in [1.82, 2.24) is 15.2 Å². The number of halogens is 6. The van der Waals surface area contributed by atoms with Crippen LogP contribution in [0.4, 0.5) is 22.0 Å². The molecule has 1 aromatic carbocycles. The molecule has 1 aliphatic carbocycles. The zero-order chi connectivity index (χ0) is 22.6. The largest absolute Gasteiger partial charge is 0.433 e. The van der Waals surface area contributed by atoms with E-state index in [4.69, 9.17) is 11.6 Å². The van der Waals surface area contributed by atoms with Gasteiger partial charge in [-0.1, -0.05) is 11.6 Å². The fraction of sp³-hybridized carbons (Fsp3) is 0.474. The van der Waals surface area contributed by atoms with E-state index in [2.05, 4.69) is 15.0 Å². The molecule has 2 heterocycles. The summed E-state index contributed by atoms with van der Waals surface area (Å²) in [4.78, 5) is 18.1. The van der Waals surface area contributed by atoms with E-state index in [-0.39, 0.29) is 28.4 Å². The maximum atomic E-state index is 12.7. The number of nitrogens with one attached hydrogen (secondary N) is 1. The Balaban J connectivity index is 1.34. The van der Waals surface area contributed by atoms with Crippen molar-refractivity contribution in [3.63, 3.8) is 0 Å². The zero-order valence-corrected chi connectivity index (χ0v) is 16.6. The normalized spacial score (nSPS) is 23.4. The number of aromatic nitrogens is 1. The summed E-state index contributed by atoms with van der Waals surface area (Å²) < 4.78 is 67.2. The molecule has 1 amide bonds. The maximum absolute atomic E-state index is 12.7. The topological polar surface area (TPSA) is 74.7 Å². The predicted molar refractivity (Wildman–Crippen MR) is 100 cm³/mol. The molecule has 1 saturated heterocycles. The molecule has 168 valence electrons. The van der Waals surface area contributed by atoms with Crippen molar-refractivity contribution in [3.05, 3.63) is 35.0 Å². The standard InChI is InChI=1S/C19H17ClF5N3O3/c20-13-2-9-1-10(6-26-14(9)5-15(13)31-17(21)22)16(29)27-11-3-12(4-11)28-7-18(30,8-28)19(23,24)25/h1-2,5-6,11-12,17,30H,3-4,7-8H2,(H,27,29). The number of likely N-dealkylation sites (tertiary alicyclic amines) is 1. The Kier molecular flexibility index (Phi) is 5.47. The van der Waals surface area contributed by atoms with Crippen LogP contribution in [-0.2, 0) is 0 Å². The Hall–Kier alpha value is -2.24. The lowest BCUT2D eigenvalue weighted by Gasteiger charge is -2.54. The Bertz CT molecular complexity index is 1010. The second-order valence-corrected chi connectivity index (χ2v) is 8.21. The highest BCUT2D eigenvalue weighted by Gasteiger charge is 2.62. The van der Waals surface area contributed by atoms with E-state index in [0.717, 1.165) is 0 Å². The van der Waals surface area contributed by atoms with Crippen molar-refractivity contribution in [1.29, 1.82) is 0 Å². The number of rotatable bonds is 5. The fourth-order valence-electron chi connectivity index (χ4n) is 3.78. The molecule has 2 fully saturated rings. The molecule has 2 aliphatic rings. The highest BCUT2D eigenvalue weighted by molar-refractivity contribution is 6.32. The van der Waals surface area contributed by atoms with Crippen molar-refractivity contribution in [2.24, 2.45) is 0 Å². The highest BCUT2D eigenvalue weighted by atomic mass is 35.5. The van der Waals surface area contributed by atoms with Gasteiger partial charge in [0, 0.05) is 42.8 Å². The molecule has 31 heavy (non-hydrogen) atoms. The van der Waals surface area contributed by atoms with Gasteiger partial charge in [-0.3, -0.25) is 14.7 Å². The van der Waals surface area contributed by atoms with Gasteiger partial charge in [0.2, 0.25) is 0 Å². The van der Waals surface area contributed by atoms with E-state index >= 15 is 0 Å². The van der Waals surface area contributed by atoms with E-state index in [1.54, 1.807) is 4.90 Å². The van der Waals surface area contributed by atoms with Crippen molar-refractivity contribution in [2.45, 2.75) is 43.3 Å². The van der Waals surface area contributed by atoms with Gasteiger partial charge in [-0.25, -0.2) is 0 Å². The first kappa shape index (κ1) is 22.0. The summed E-state index contributed by atoms with van der Waals surface area (Å²) in [5.74, 6) is -0.643. The molecular weight excluding hydrogens is 449 g/mol. The molecular formula is C19H17ClF5N3O3. The molecule has 1 aliphatic heterocycles. The molecule has 1 aromatic heterocycles. The highest BCUT2D eigenvalue weighted by Crippen LogP contribution is 2.41. The van der Waals surface area contributed by atoms with Crippen LogP contribution in [0, 0.1) is 0 Å². The van der Waals surface area contributed by atoms with Crippen LogP contribution in [0.15, 0.2) is 24.4 Å². The van der Waals surface area contributed by atoms with Crippen LogP contribution in [0.3, 0.4) is 0 Å². The van der Waals surface area contributed by atoms with Gasteiger partial charge < -0.3 is 15.2 Å². The number of amides is 1. The van der Waals surface area contributed by atoms with E-state index in [9.17, 15) is 31.9 Å². The Morgan fingerprint density at radius 3 is 2.58 bits per heavy atom. The van der Waals surface area contributed by atoms with E-state index in [0.29, 0.717) is 23.7 Å². The van der Waals surface area contributed by atoms with Gasteiger partial charge in [0.05, 0.1) is 16.1 Å². The minimum atomic E-state index is -4.65. The first-order chi connectivity index (χ1) is 14.4. The summed E-state index contributed by atoms with van der Waals surface area (Å²) in [6.45, 7) is -3.96. The van der Waals surface area contributed by atoms with Crippen molar-refractivity contribution in [2.75, 3.05) is 13.1 Å². The van der Waals surface area contributed by atoms with E-state index in [1.165, 1.54) is 24.4 Å². The summed E-state index contributed by atoms with van der Waals surface area (Å²) in [7, 11) is 0. The molecule has 2 N–H and O–H groups in total. The number of pyridine rings is 1. The second kappa shape index (κ2) is 7.72. The first-order valence-corrected chi connectivity index (χ1v) is 9.71. The van der Waals surface area contributed by atoms with E-state index < -0.39 is 37.4 Å². The number of ether oxygens (including phenoxy) is 1. The van der Waals surface area contributed by atoms with Gasteiger partial charge in [-0.05, 0) is 25.0 Å². The number of benzene rings is 1. The van der Waals surface area contributed by atoms with Crippen LogP contribution in [0.1, 0.15) is 23.2 Å². The summed E-state index contributed by atoms with van der Waals surface area (Å²) in [6.07, 6.45) is -2.42. The zero-order valence-electron chi connectivity index (χ0n) is 15.8. The number of carbonyl (C=O) groups is 1. The van der Waals surface area contributed by atoms with Crippen LogP contribution < -0.4 is 10.1 Å². The number of β-amino-alcohol motifs (C(OH)–C–C–N with tert-alkyl or cyclic N) is 1. The first-order valence-electron chi connectivity index (χ1n) is 9.33. The molecule has 0 bridgehead atoms.